The van der Waals surface area contributed by atoms with Crippen molar-refractivity contribution in [2.24, 2.45) is 5.73 Å². The molecule has 1 aromatic carbocycles. The van der Waals surface area contributed by atoms with Crippen LogP contribution < -0.4 is 10.5 Å². The third-order valence-corrected chi connectivity index (χ3v) is 2.82. The van der Waals surface area contributed by atoms with Crippen molar-refractivity contribution < 1.29 is 9.53 Å². The predicted molar refractivity (Wildman–Crippen MR) is 61.5 cm³/mol. The fraction of sp³-hybridized carbons (Fsp3) is 0.364. The normalized spacial score (nSPS) is 15.8. The number of likely N-dealkylation sites (tertiary alicyclic amines) is 1. The zero-order valence-electron chi connectivity index (χ0n) is 8.73. The zero-order chi connectivity index (χ0) is 11.5. The molecule has 1 aliphatic rings. The summed E-state index contributed by atoms with van der Waals surface area (Å²) < 4.78 is 5.64. The van der Waals surface area contributed by atoms with Crippen LogP contribution in [0.4, 0.5) is 0 Å². The Morgan fingerprint density at radius 1 is 1.50 bits per heavy atom. The SMILES string of the molecule is NCC(=O)N1CC(Oc2ccccc2Cl)C1. The van der Waals surface area contributed by atoms with Gasteiger partial charge in [0.05, 0.1) is 24.7 Å². The molecule has 2 rings (SSSR count). The Labute approximate surface area is 98.9 Å². The molecule has 0 unspecified atom stereocenters. The van der Waals surface area contributed by atoms with Gasteiger partial charge in [-0.1, -0.05) is 23.7 Å². The van der Waals surface area contributed by atoms with Gasteiger partial charge < -0.3 is 15.4 Å². The van der Waals surface area contributed by atoms with E-state index in [1.807, 2.05) is 18.2 Å². The molecule has 1 fully saturated rings. The Bertz CT molecular complexity index is 391. The Hall–Kier alpha value is -1.26. The second kappa shape index (κ2) is 4.72. The van der Waals surface area contributed by atoms with Crippen molar-refractivity contribution in [1.82, 2.24) is 4.90 Å². The first kappa shape index (κ1) is 11.2. The number of nitrogens with two attached hydrogens (primary N) is 1. The number of para-hydroxylation sites is 1. The highest BCUT2D eigenvalue weighted by Gasteiger charge is 2.31. The van der Waals surface area contributed by atoms with Crippen LogP contribution in [-0.2, 0) is 4.79 Å². The van der Waals surface area contributed by atoms with E-state index in [1.165, 1.54) is 0 Å². The van der Waals surface area contributed by atoms with Crippen molar-refractivity contribution >= 4 is 17.5 Å². The zero-order valence-corrected chi connectivity index (χ0v) is 9.48. The molecule has 0 radical (unpaired) electrons. The van der Waals surface area contributed by atoms with Crippen LogP contribution in [0.2, 0.25) is 5.02 Å². The minimum absolute atomic E-state index is 0.0235. The fourth-order valence-corrected chi connectivity index (χ4v) is 1.75. The number of benzene rings is 1. The van der Waals surface area contributed by atoms with E-state index in [4.69, 9.17) is 22.1 Å². The summed E-state index contributed by atoms with van der Waals surface area (Å²) in [5.74, 6) is 0.619. The molecule has 0 atom stereocenters. The molecule has 0 aromatic heterocycles. The number of nitrogens with zero attached hydrogens (tertiary/aromatic N) is 1. The molecule has 1 amide bonds. The molecule has 2 N–H and O–H groups in total. The molecule has 86 valence electrons. The van der Waals surface area contributed by atoms with E-state index in [-0.39, 0.29) is 18.6 Å². The highest BCUT2D eigenvalue weighted by molar-refractivity contribution is 6.32. The first-order chi connectivity index (χ1) is 7.70. The van der Waals surface area contributed by atoms with Gasteiger partial charge in [0.1, 0.15) is 11.9 Å². The molecule has 0 bridgehead atoms. The lowest BCUT2D eigenvalue weighted by Gasteiger charge is -2.38. The van der Waals surface area contributed by atoms with Crippen LogP contribution in [0.1, 0.15) is 0 Å². The highest BCUT2D eigenvalue weighted by Crippen LogP contribution is 2.26. The van der Waals surface area contributed by atoms with Crippen LogP contribution in [0.5, 0.6) is 5.75 Å². The van der Waals surface area contributed by atoms with E-state index >= 15 is 0 Å². The van der Waals surface area contributed by atoms with Gasteiger partial charge in [-0.3, -0.25) is 4.79 Å². The number of halogens is 1. The van der Waals surface area contributed by atoms with E-state index in [0.717, 1.165) is 0 Å². The first-order valence-corrected chi connectivity index (χ1v) is 5.47. The summed E-state index contributed by atoms with van der Waals surface area (Å²) in [7, 11) is 0. The van der Waals surface area contributed by atoms with Gasteiger partial charge in [-0.05, 0) is 12.1 Å². The Morgan fingerprint density at radius 2 is 2.19 bits per heavy atom. The number of amides is 1. The van der Waals surface area contributed by atoms with Crippen molar-refractivity contribution in [3.05, 3.63) is 29.3 Å². The number of hydrogen-bond acceptors (Lipinski definition) is 3. The van der Waals surface area contributed by atoms with Gasteiger partial charge in [0.2, 0.25) is 5.91 Å². The van der Waals surface area contributed by atoms with Gasteiger partial charge in [-0.15, -0.1) is 0 Å². The lowest BCUT2D eigenvalue weighted by molar-refractivity contribution is -0.138. The molecule has 5 heteroatoms. The summed E-state index contributed by atoms with van der Waals surface area (Å²) in [6.45, 7) is 1.22. The van der Waals surface area contributed by atoms with Gasteiger partial charge in [0.15, 0.2) is 0 Å². The van der Waals surface area contributed by atoms with Crippen LogP contribution >= 0.6 is 11.6 Å². The highest BCUT2D eigenvalue weighted by atomic mass is 35.5. The van der Waals surface area contributed by atoms with Crippen molar-refractivity contribution in [3.63, 3.8) is 0 Å². The number of rotatable bonds is 3. The molecule has 1 aliphatic heterocycles. The van der Waals surface area contributed by atoms with E-state index in [2.05, 4.69) is 0 Å². The molecule has 16 heavy (non-hydrogen) atoms. The molecule has 4 nitrogen and oxygen atoms in total. The summed E-state index contributed by atoms with van der Waals surface area (Å²) in [5, 5.41) is 0.589. The molecule has 1 aromatic rings. The maximum atomic E-state index is 11.2. The second-order valence-electron chi connectivity index (χ2n) is 3.67. The topological polar surface area (TPSA) is 55.6 Å². The van der Waals surface area contributed by atoms with Crippen molar-refractivity contribution in [3.8, 4) is 5.75 Å². The van der Waals surface area contributed by atoms with Crippen molar-refractivity contribution in [2.45, 2.75) is 6.10 Å². The summed E-state index contributed by atoms with van der Waals surface area (Å²) in [6.07, 6.45) is 0.0235. The van der Waals surface area contributed by atoms with E-state index in [0.29, 0.717) is 23.9 Å². The number of carbonyl (C=O) groups is 1. The van der Waals surface area contributed by atoms with Gasteiger partial charge in [0, 0.05) is 0 Å². The Morgan fingerprint density at radius 3 is 2.81 bits per heavy atom. The standard InChI is InChI=1S/C11H13ClN2O2/c12-9-3-1-2-4-10(9)16-8-6-14(7-8)11(15)5-13/h1-4,8H,5-7,13H2. The van der Waals surface area contributed by atoms with Crippen LogP contribution in [0.3, 0.4) is 0 Å². The van der Waals surface area contributed by atoms with Gasteiger partial charge in [0.25, 0.3) is 0 Å². The number of hydrogen-bond donors (Lipinski definition) is 1. The summed E-state index contributed by atoms with van der Waals surface area (Å²) in [5.41, 5.74) is 5.25. The van der Waals surface area contributed by atoms with Gasteiger partial charge >= 0.3 is 0 Å². The lowest BCUT2D eigenvalue weighted by atomic mass is 10.1. The lowest BCUT2D eigenvalue weighted by Crippen LogP contribution is -2.57. The average Bonchev–Trinajstić information content (AvgIpc) is 2.24. The monoisotopic (exact) mass is 240 g/mol. The second-order valence-corrected chi connectivity index (χ2v) is 4.08. The maximum Gasteiger partial charge on any atom is 0.236 e. The molecule has 0 spiro atoms. The van der Waals surface area contributed by atoms with Crippen molar-refractivity contribution in [1.29, 1.82) is 0 Å². The quantitative estimate of drug-likeness (QED) is 0.854. The summed E-state index contributed by atoms with van der Waals surface area (Å²) in [6, 6.07) is 7.30. The van der Waals surface area contributed by atoms with Gasteiger partial charge in [-0.25, -0.2) is 0 Å². The third kappa shape index (κ3) is 2.28. The largest absolute Gasteiger partial charge is 0.485 e. The van der Waals surface area contributed by atoms with Crippen LogP contribution in [0, 0.1) is 0 Å². The van der Waals surface area contributed by atoms with E-state index in [9.17, 15) is 4.79 Å². The summed E-state index contributed by atoms with van der Waals surface area (Å²) >= 11 is 5.95. The molecule has 1 saturated heterocycles. The Kier molecular flexibility index (Phi) is 3.31. The third-order valence-electron chi connectivity index (χ3n) is 2.51. The molecule has 0 aliphatic carbocycles. The molecular weight excluding hydrogens is 228 g/mol. The van der Waals surface area contributed by atoms with Crippen LogP contribution in [0.25, 0.3) is 0 Å². The Balaban J connectivity index is 1.86. The maximum absolute atomic E-state index is 11.2. The number of ether oxygens (including phenoxy) is 1. The fourth-order valence-electron chi connectivity index (χ4n) is 1.57. The smallest absolute Gasteiger partial charge is 0.236 e. The predicted octanol–water partition coefficient (Wildman–Crippen LogP) is 0.888. The minimum atomic E-state index is -0.0426. The van der Waals surface area contributed by atoms with Crippen molar-refractivity contribution in [2.75, 3.05) is 19.6 Å². The average molecular weight is 241 g/mol. The van der Waals surface area contributed by atoms with E-state index in [1.54, 1.807) is 11.0 Å². The number of carbonyl (C=O) groups excluding carboxylic acids is 1. The van der Waals surface area contributed by atoms with Crippen LogP contribution in [-0.4, -0.2) is 36.5 Å². The molecule has 0 saturated carbocycles. The minimum Gasteiger partial charge on any atom is -0.485 e. The first-order valence-electron chi connectivity index (χ1n) is 5.09. The van der Waals surface area contributed by atoms with Crippen LogP contribution in [0.15, 0.2) is 24.3 Å². The molecule has 1 heterocycles. The molecular formula is C11H13ClN2O2. The summed E-state index contributed by atoms with van der Waals surface area (Å²) in [4.78, 5) is 12.8. The van der Waals surface area contributed by atoms with E-state index < -0.39 is 0 Å². The van der Waals surface area contributed by atoms with Gasteiger partial charge in [-0.2, -0.15) is 0 Å².